The molecule has 0 bridgehead atoms. The molecule has 0 radical (unpaired) electrons. The van der Waals surface area contributed by atoms with E-state index in [1.165, 1.54) is 12.1 Å². The maximum atomic E-state index is 13.4. The number of carbonyl (C=O) groups is 1. The molecule has 1 atom stereocenters. The van der Waals surface area contributed by atoms with Crippen LogP contribution in [0.4, 0.5) is 15.9 Å². The van der Waals surface area contributed by atoms with Gasteiger partial charge in [-0.25, -0.2) is 14.4 Å². The van der Waals surface area contributed by atoms with Crippen molar-refractivity contribution in [1.82, 2.24) is 9.97 Å². The molecular weight excluding hydrogens is 383 g/mol. The number of amides is 1. The highest BCUT2D eigenvalue weighted by Crippen LogP contribution is 2.31. The first-order chi connectivity index (χ1) is 14.6. The molecule has 0 saturated carbocycles. The van der Waals surface area contributed by atoms with Crippen LogP contribution in [0.3, 0.4) is 0 Å². The van der Waals surface area contributed by atoms with Gasteiger partial charge in [0.25, 0.3) is 5.88 Å². The molecule has 1 unspecified atom stereocenters. The standard InChI is InChI=1S/C23H23FN4O2/c1-16-7-9-20(10-8-16)30-23-21(25-11-12-26-23)28-13-3-4-17(15-28)22(29)27-19-6-2-5-18(24)14-19/h2,5-12,14,17H,3-4,13,15H2,1H3,(H,27,29). The molecule has 1 amide bonds. The van der Waals surface area contributed by atoms with Crippen molar-refractivity contribution in [1.29, 1.82) is 0 Å². The van der Waals surface area contributed by atoms with E-state index >= 15 is 0 Å². The molecule has 1 aromatic heterocycles. The normalized spacial score (nSPS) is 16.2. The van der Waals surface area contributed by atoms with Crippen LogP contribution in [0.1, 0.15) is 18.4 Å². The molecule has 1 aliphatic rings. The molecule has 0 aliphatic carbocycles. The molecule has 1 saturated heterocycles. The summed E-state index contributed by atoms with van der Waals surface area (Å²) in [5, 5.41) is 2.81. The number of aryl methyl sites for hydroxylation is 1. The van der Waals surface area contributed by atoms with Crippen LogP contribution in [0.2, 0.25) is 0 Å². The molecule has 30 heavy (non-hydrogen) atoms. The molecule has 4 rings (SSSR count). The highest BCUT2D eigenvalue weighted by atomic mass is 19.1. The molecular formula is C23H23FN4O2. The minimum Gasteiger partial charge on any atom is -0.436 e. The van der Waals surface area contributed by atoms with Gasteiger partial charge in [-0.2, -0.15) is 0 Å². The van der Waals surface area contributed by atoms with Crippen molar-refractivity contribution >= 4 is 17.4 Å². The Balaban J connectivity index is 1.48. The molecule has 6 nitrogen and oxygen atoms in total. The number of rotatable bonds is 5. The summed E-state index contributed by atoms with van der Waals surface area (Å²) < 4.78 is 19.4. The van der Waals surface area contributed by atoms with Gasteiger partial charge in [0.2, 0.25) is 5.91 Å². The number of aromatic nitrogens is 2. The fraction of sp³-hybridized carbons (Fsp3) is 0.261. The largest absolute Gasteiger partial charge is 0.436 e. The highest BCUT2D eigenvalue weighted by Gasteiger charge is 2.28. The number of nitrogens with zero attached hydrogens (tertiary/aromatic N) is 3. The maximum absolute atomic E-state index is 13.4. The molecule has 154 valence electrons. The van der Waals surface area contributed by atoms with E-state index in [-0.39, 0.29) is 17.6 Å². The number of piperidine rings is 1. The monoisotopic (exact) mass is 406 g/mol. The van der Waals surface area contributed by atoms with Crippen molar-refractivity contribution in [3.05, 3.63) is 72.3 Å². The minimum atomic E-state index is -0.379. The topological polar surface area (TPSA) is 67.4 Å². The average Bonchev–Trinajstić information content (AvgIpc) is 2.76. The van der Waals surface area contributed by atoms with Crippen LogP contribution in [0.25, 0.3) is 0 Å². The summed E-state index contributed by atoms with van der Waals surface area (Å²) in [5.74, 6) is 0.954. The van der Waals surface area contributed by atoms with Gasteiger partial charge in [-0.05, 0) is 50.1 Å². The Morgan fingerprint density at radius 3 is 2.77 bits per heavy atom. The zero-order chi connectivity index (χ0) is 20.9. The number of hydrogen-bond donors (Lipinski definition) is 1. The molecule has 3 aromatic rings. The van der Waals surface area contributed by atoms with E-state index in [2.05, 4.69) is 15.3 Å². The van der Waals surface area contributed by atoms with Gasteiger partial charge in [-0.15, -0.1) is 0 Å². The van der Waals surface area contributed by atoms with E-state index < -0.39 is 0 Å². The molecule has 1 aliphatic heterocycles. The minimum absolute atomic E-state index is 0.129. The zero-order valence-electron chi connectivity index (χ0n) is 16.7. The number of hydrogen-bond acceptors (Lipinski definition) is 5. The number of benzene rings is 2. The Morgan fingerprint density at radius 2 is 1.97 bits per heavy atom. The Bertz CT molecular complexity index is 1030. The molecule has 7 heteroatoms. The lowest BCUT2D eigenvalue weighted by Gasteiger charge is -2.33. The summed E-state index contributed by atoms with van der Waals surface area (Å²) in [7, 11) is 0. The van der Waals surface area contributed by atoms with Gasteiger partial charge in [0.1, 0.15) is 11.6 Å². The first-order valence-electron chi connectivity index (χ1n) is 9.95. The lowest BCUT2D eigenvalue weighted by molar-refractivity contribution is -0.120. The second kappa shape index (κ2) is 8.90. The van der Waals surface area contributed by atoms with Crippen LogP contribution < -0.4 is 15.0 Å². The number of halogens is 1. The van der Waals surface area contributed by atoms with Crippen LogP contribution in [0.5, 0.6) is 11.6 Å². The Hall–Kier alpha value is -3.48. The van der Waals surface area contributed by atoms with Gasteiger partial charge in [0, 0.05) is 31.2 Å². The van der Waals surface area contributed by atoms with E-state index in [1.807, 2.05) is 36.1 Å². The summed E-state index contributed by atoms with van der Waals surface area (Å²) in [4.78, 5) is 23.6. The van der Waals surface area contributed by atoms with Crippen LogP contribution >= 0.6 is 0 Å². The zero-order valence-corrected chi connectivity index (χ0v) is 16.7. The van der Waals surface area contributed by atoms with Gasteiger partial charge < -0.3 is 15.0 Å². The van der Waals surface area contributed by atoms with Gasteiger partial charge in [-0.3, -0.25) is 4.79 Å². The lowest BCUT2D eigenvalue weighted by Crippen LogP contribution is -2.41. The predicted octanol–water partition coefficient (Wildman–Crippen LogP) is 4.57. The quantitative estimate of drug-likeness (QED) is 0.672. The SMILES string of the molecule is Cc1ccc(Oc2nccnc2N2CCCC(C(=O)Nc3cccc(F)c3)C2)cc1. The average molecular weight is 406 g/mol. The maximum Gasteiger partial charge on any atom is 0.263 e. The van der Waals surface area contributed by atoms with E-state index in [4.69, 9.17) is 4.74 Å². The van der Waals surface area contributed by atoms with Crippen molar-refractivity contribution < 1.29 is 13.9 Å². The van der Waals surface area contributed by atoms with Crippen molar-refractivity contribution in [2.45, 2.75) is 19.8 Å². The van der Waals surface area contributed by atoms with Crippen LogP contribution in [0.15, 0.2) is 60.9 Å². The summed E-state index contributed by atoms with van der Waals surface area (Å²) >= 11 is 0. The Kier molecular flexibility index (Phi) is 5.88. The molecule has 2 aromatic carbocycles. The van der Waals surface area contributed by atoms with Crippen molar-refractivity contribution in [3.8, 4) is 11.6 Å². The fourth-order valence-electron chi connectivity index (χ4n) is 3.52. The number of carbonyl (C=O) groups excluding carboxylic acids is 1. The molecule has 2 heterocycles. The molecule has 1 N–H and O–H groups in total. The third-order valence-corrected chi connectivity index (χ3v) is 5.07. The summed E-state index contributed by atoms with van der Waals surface area (Å²) in [6.45, 7) is 3.26. The lowest BCUT2D eigenvalue weighted by atomic mass is 9.97. The van der Waals surface area contributed by atoms with Gasteiger partial charge in [0.15, 0.2) is 5.82 Å². The predicted molar refractivity (Wildman–Crippen MR) is 113 cm³/mol. The second-order valence-corrected chi connectivity index (χ2v) is 7.38. The third kappa shape index (κ3) is 4.74. The van der Waals surface area contributed by atoms with E-state index in [0.717, 1.165) is 24.9 Å². The summed E-state index contributed by atoms with van der Waals surface area (Å²) in [6, 6.07) is 13.6. The van der Waals surface area contributed by atoms with Crippen LogP contribution in [-0.2, 0) is 4.79 Å². The first-order valence-corrected chi connectivity index (χ1v) is 9.95. The summed E-state index contributed by atoms with van der Waals surface area (Å²) in [5.41, 5.74) is 1.60. The Labute approximate surface area is 174 Å². The number of ether oxygens (including phenoxy) is 1. The van der Waals surface area contributed by atoms with E-state index in [9.17, 15) is 9.18 Å². The summed E-state index contributed by atoms with van der Waals surface area (Å²) in [6.07, 6.45) is 4.80. The van der Waals surface area contributed by atoms with E-state index in [0.29, 0.717) is 29.7 Å². The number of nitrogens with one attached hydrogen (secondary N) is 1. The first kappa shape index (κ1) is 19.8. The van der Waals surface area contributed by atoms with Crippen LogP contribution in [0, 0.1) is 18.7 Å². The fourth-order valence-corrected chi connectivity index (χ4v) is 3.52. The molecule has 1 fully saturated rings. The van der Waals surface area contributed by atoms with Crippen molar-refractivity contribution in [2.75, 3.05) is 23.3 Å². The third-order valence-electron chi connectivity index (χ3n) is 5.07. The highest BCUT2D eigenvalue weighted by molar-refractivity contribution is 5.93. The smallest absolute Gasteiger partial charge is 0.263 e. The van der Waals surface area contributed by atoms with Gasteiger partial charge >= 0.3 is 0 Å². The van der Waals surface area contributed by atoms with Gasteiger partial charge in [0.05, 0.1) is 5.92 Å². The van der Waals surface area contributed by atoms with Crippen molar-refractivity contribution in [3.63, 3.8) is 0 Å². The Morgan fingerprint density at radius 1 is 1.17 bits per heavy atom. The molecule has 0 spiro atoms. The number of anilines is 2. The van der Waals surface area contributed by atoms with Crippen molar-refractivity contribution in [2.24, 2.45) is 5.92 Å². The second-order valence-electron chi connectivity index (χ2n) is 7.38. The van der Waals surface area contributed by atoms with E-state index in [1.54, 1.807) is 24.5 Å². The van der Waals surface area contributed by atoms with Crippen LogP contribution in [-0.4, -0.2) is 29.0 Å². The van der Waals surface area contributed by atoms with Gasteiger partial charge in [-0.1, -0.05) is 23.8 Å².